The van der Waals surface area contributed by atoms with E-state index in [0.717, 1.165) is 56.1 Å². The number of hydrogen-bond donors (Lipinski definition) is 10. The number of carboxylic acid groups (broad SMARTS) is 1. The van der Waals surface area contributed by atoms with Crippen LogP contribution in [-0.2, 0) is 63.8 Å². The van der Waals surface area contributed by atoms with Crippen LogP contribution in [0.1, 0.15) is 140 Å². The van der Waals surface area contributed by atoms with Gasteiger partial charge in [-0.1, -0.05) is 78.6 Å². The highest BCUT2D eigenvalue weighted by molar-refractivity contribution is 6.01. The number of aliphatic carboxylic acids is 1. The number of carbonyl (C=O) groups excluding carboxylic acids is 7. The van der Waals surface area contributed by atoms with Gasteiger partial charge in [0.1, 0.15) is 18.7 Å². The fourth-order valence-electron chi connectivity index (χ4n) is 13.2. The fraction of sp³-hybridized carbons (Fsp3) is 0.544. The summed E-state index contributed by atoms with van der Waals surface area (Å²) in [5, 5.41) is 25.8. The number of carbonyl (C=O) groups is 8. The number of anilines is 3. The number of fused-ring (bicyclic) bond motifs is 6. The number of nitrogens with two attached hydrogens (primary N) is 3. The summed E-state index contributed by atoms with van der Waals surface area (Å²) in [5.74, 6) is -3.87. The third-order valence-corrected chi connectivity index (χ3v) is 17.5. The summed E-state index contributed by atoms with van der Waals surface area (Å²) in [6, 6.07) is 14.0. The highest BCUT2D eigenvalue weighted by atomic mass is 16.5. The summed E-state index contributed by atoms with van der Waals surface area (Å²) in [5.41, 5.74) is 21.6. The van der Waals surface area contributed by atoms with Gasteiger partial charge in [-0.05, 0) is 157 Å². The van der Waals surface area contributed by atoms with E-state index < -0.39 is 76.6 Å². The van der Waals surface area contributed by atoms with Crippen molar-refractivity contribution in [3.63, 3.8) is 0 Å². The van der Waals surface area contributed by atoms with E-state index in [2.05, 4.69) is 57.9 Å². The molecule has 4 aliphatic rings. The molecule has 19 nitrogen and oxygen atoms in total. The zero-order valence-corrected chi connectivity index (χ0v) is 44.7. The first-order valence-corrected chi connectivity index (χ1v) is 26.7. The summed E-state index contributed by atoms with van der Waals surface area (Å²) >= 11 is 0. The number of hydrogen-bond acceptors (Lipinski definition) is 11. The molecule has 0 radical (unpaired) electrons. The molecule has 13 N–H and O–H groups in total. The molecule has 2 saturated carbocycles. The van der Waals surface area contributed by atoms with E-state index in [9.17, 15) is 43.5 Å². The Bertz CT molecular complexity index is 2730. The van der Waals surface area contributed by atoms with Crippen LogP contribution >= 0.6 is 0 Å². The molecule has 0 bridgehead atoms. The van der Waals surface area contributed by atoms with Crippen LogP contribution in [-0.4, -0.2) is 77.4 Å². The van der Waals surface area contributed by atoms with E-state index in [-0.39, 0.29) is 54.6 Å². The van der Waals surface area contributed by atoms with Crippen molar-refractivity contribution in [2.75, 3.05) is 22.9 Å². The van der Waals surface area contributed by atoms with Crippen LogP contribution in [0.3, 0.4) is 0 Å². The monoisotopic (exact) mass is 1050 g/mol. The lowest BCUT2D eigenvalue weighted by Crippen LogP contribution is -2.60. The molecule has 1 unspecified atom stereocenters. The number of ether oxygens (including phenoxy) is 1. The topological polar surface area (TPSA) is 316 Å². The van der Waals surface area contributed by atoms with E-state index in [4.69, 9.17) is 21.9 Å². The van der Waals surface area contributed by atoms with E-state index in [1.165, 1.54) is 11.1 Å². The maximum Gasteiger partial charge on any atom is 0.408 e. The molecule has 76 heavy (non-hydrogen) atoms. The zero-order chi connectivity index (χ0) is 55.3. The Morgan fingerprint density at radius 1 is 0.697 bits per heavy atom. The van der Waals surface area contributed by atoms with Gasteiger partial charge in [-0.15, -0.1) is 0 Å². The van der Waals surface area contributed by atoms with Crippen molar-refractivity contribution in [2.24, 2.45) is 40.1 Å². The molecule has 4 aliphatic carbocycles. The van der Waals surface area contributed by atoms with Gasteiger partial charge in [0.05, 0.1) is 23.3 Å². The summed E-state index contributed by atoms with van der Waals surface area (Å²) < 4.78 is 5.38. The van der Waals surface area contributed by atoms with E-state index in [0.29, 0.717) is 48.3 Å². The number of rotatable bonds is 18. The maximum absolute atomic E-state index is 14.7. The number of urea groups is 1. The van der Waals surface area contributed by atoms with E-state index >= 15 is 0 Å². The number of nitrogens with one attached hydrogen (secondary N) is 6. The summed E-state index contributed by atoms with van der Waals surface area (Å²) in [6.07, 6.45) is 6.47. The van der Waals surface area contributed by atoms with E-state index in [1.807, 2.05) is 32.0 Å². The highest BCUT2D eigenvalue weighted by Crippen LogP contribution is 2.60. The number of aryl methyl sites for hydroxylation is 2. The predicted octanol–water partition coefficient (Wildman–Crippen LogP) is 6.20. The Hall–Kier alpha value is -7.02. The molecule has 9 atom stereocenters. The van der Waals surface area contributed by atoms with Gasteiger partial charge in [-0.25, -0.2) is 9.59 Å². The second-order valence-electron chi connectivity index (χ2n) is 22.9. The van der Waals surface area contributed by atoms with Gasteiger partial charge in [0.15, 0.2) is 0 Å². The van der Waals surface area contributed by atoms with Gasteiger partial charge in [0.25, 0.3) is 0 Å². The van der Waals surface area contributed by atoms with Crippen LogP contribution in [0.4, 0.5) is 26.7 Å². The average Bonchev–Trinajstić information content (AvgIpc) is 3.47. The first kappa shape index (κ1) is 56.7. The second-order valence-corrected chi connectivity index (χ2v) is 22.9. The molecule has 410 valence electrons. The smallest absolute Gasteiger partial charge is 0.408 e. The molecule has 19 heteroatoms. The van der Waals surface area contributed by atoms with Crippen LogP contribution in [0.25, 0.3) is 0 Å². The lowest BCUT2D eigenvalue weighted by Gasteiger charge is -2.56. The second kappa shape index (κ2) is 23.1. The van der Waals surface area contributed by atoms with Crippen molar-refractivity contribution in [1.29, 1.82) is 0 Å². The number of nitrogen functional groups attached to an aromatic ring is 1. The van der Waals surface area contributed by atoms with Gasteiger partial charge < -0.3 is 53.6 Å². The Kier molecular flexibility index (Phi) is 17.2. The van der Waals surface area contributed by atoms with Gasteiger partial charge >= 0.3 is 18.1 Å². The molecule has 0 aliphatic heterocycles. The Morgan fingerprint density at radius 3 is 1.80 bits per heavy atom. The minimum absolute atomic E-state index is 0.0384. The third kappa shape index (κ3) is 12.1. The molecule has 0 aromatic heterocycles. The van der Waals surface area contributed by atoms with Crippen molar-refractivity contribution < 1.29 is 48.2 Å². The summed E-state index contributed by atoms with van der Waals surface area (Å²) in [7, 11) is 0. The van der Waals surface area contributed by atoms with Crippen LogP contribution in [0.15, 0.2) is 60.7 Å². The fourth-order valence-corrected chi connectivity index (χ4v) is 13.2. The number of primary amides is 1. The van der Waals surface area contributed by atoms with Gasteiger partial charge in [0.2, 0.25) is 29.5 Å². The van der Waals surface area contributed by atoms with Crippen LogP contribution in [0.2, 0.25) is 0 Å². The number of carboxylic acids is 1. The van der Waals surface area contributed by atoms with Crippen molar-refractivity contribution >= 4 is 64.7 Å². The van der Waals surface area contributed by atoms with Crippen LogP contribution in [0, 0.1) is 28.6 Å². The zero-order valence-electron chi connectivity index (χ0n) is 44.7. The van der Waals surface area contributed by atoms with Crippen molar-refractivity contribution in [2.45, 2.75) is 161 Å². The molecule has 0 heterocycles. The highest BCUT2D eigenvalue weighted by Gasteiger charge is 2.58. The van der Waals surface area contributed by atoms with Gasteiger partial charge in [0, 0.05) is 23.6 Å². The number of alkyl carbamates (subject to hydrolysis) is 1. The molecule has 2 fully saturated rings. The molecule has 7 rings (SSSR count). The first-order valence-electron chi connectivity index (χ1n) is 26.7. The van der Waals surface area contributed by atoms with E-state index in [1.54, 1.807) is 44.2 Å². The number of benzene rings is 3. The normalized spacial score (nSPS) is 25.5. The summed E-state index contributed by atoms with van der Waals surface area (Å²) in [6.45, 7) is 11.9. The third-order valence-electron chi connectivity index (χ3n) is 17.5. The SMILES string of the molecule is CC(C)C(N)C(=O)N[C@@H](CCCNC(N)=O)C(=O)Nc1ccc(COC(=O)N[C@@H](CC(=O)O)C(=O)Nc2ccc3c(c2)[C@@]2(C)CCC[C@](C)(C(=O)NC(=O)[C@@]4(C)CCC[C@]5(C)c6cc(N)ccc6CC[C@@H]45)[C@@H]2CC3)cc1. The molecule has 0 saturated heterocycles. The summed E-state index contributed by atoms with van der Waals surface area (Å²) in [4.78, 5) is 105. The van der Waals surface area contributed by atoms with Crippen LogP contribution in [0.5, 0.6) is 0 Å². The number of amides is 8. The van der Waals surface area contributed by atoms with Gasteiger partial charge in [-0.3, -0.25) is 34.1 Å². The first-order chi connectivity index (χ1) is 35.9. The largest absolute Gasteiger partial charge is 0.481 e. The minimum atomic E-state index is -1.51. The molecule has 0 spiro atoms. The number of imide groups is 1. The van der Waals surface area contributed by atoms with Crippen molar-refractivity contribution in [1.82, 2.24) is 21.3 Å². The quantitative estimate of drug-likeness (QED) is 0.0387. The minimum Gasteiger partial charge on any atom is -0.481 e. The Morgan fingerprint density at radius 2 is 1.24 bits per heavy atom. The standard InChI is InChI=1S/C57H77N9O10/c1-32(2)46(59)49(71)64-41(10-7-27-61-52(60)74)47(69)62-37-18-11-33(12-19-37)31-76-53(75)65-42(30-45(67)68)48(70)63-38-20-14-35-16-22-44-55(4,40(35)29-38)24-9-26-57(44,6)51(73)66-50(72)56(5)25-8-23-54(3)39-28-36(58)17-13-34(39)15-21-43(54)56/h11-14,17-20,28-29,32,41-44,46H,7-10,15-16,21-27,30-31,58-59H2,1-6H3,(H,62,69)(H,63,70)(H,64,71)(H,65,75)(H,67,68)(H3,60,61,74)(H,66,72,73)/t41-,42-,43+,44+,46?,54+,55+,56-,57-/m0/s1. The molecule has 8 amide bonds. The lowest BCUT2D eigenvalue weighted by molar-refractivity contribution is -0.150. The van der Waals surface area contributed by atoms with Crippen molar-refractivity contribution in [3.8, 4) is 0 Å². The molecule has 3 aromatic carbocycles. The van der Waals surface area contributed by atoms with Crippen molar-refractivity contribution in [3.05, 3.63) is 88.5 Å². The van der Waals surface area contributed by atoms with Crippen LogP contribution < -0.4 is 49.1 Å². The maximum atomic E-state index is 14.7. The predicted molar refractivity (Wildman–Crippen MR) is 287 cm³/mol. The average molecular weight is 1050 g/mol. The Labute approximate surface area is 444 Å². The lowest BCUT2D eigenvalue weighted by atomic mass is 9.49. The Balaban J connectivity index is 0.965. The molecule has 3 aromatic rings. The molecular weight excluding hydrogens is 971 g/mol. The van der Waals surface area contributed by atoms with Gasteiger partial charge in [-0.2, -0.15) is 0 Å². The molecular formula is C57H77N9O10.